The molecule has 0 bridgehead atoms. The predicted octanol–water partition coefficient (Wildman–Crippen LogP) is 3.70. The molecule has 0 aliphatic carbocycles. The molecule has 1 rings (SSSR count). The highest BCUT2D eigenvalue weighted by Crippen LogP contribution is 2.21. The van der Waals surface area contributed by atoms with Gasteiger partial charge in [0.15, 0.2) is 0 Å². The van der Waals surface area contributed by atoms with Gasteiger partial charge in [-0.3, -0.25) is 10.1 Å². The fraction of sp³-hybridized carbons (Fsp3) is 0.625. The van der Waals surface area contributed by atoms with Gasteiger partial charge in [0.25, 0.3) is 5.69 Å². The van der Waals surface area contributed by atoms with Crippen molar-refractivity contribution in [2.24, 2.45) is 5.92 Å². The monoisotopic (exact) mass is 294 g/mol. The van der Waals surface area contributed by atoms with E-state index in [9.17, 15) is 10.1 Å². The van der Waals surface area contributed by atoms with Crippen LogP contribution < -0.4 is 5.32 Å². The van der Waals surface area contributed by atoms with Crippen LogP contribution in [0.5, 0.6) is 0 Å². The molecule has 0 amide bonds. The summed E-state index contributed by atoms with van der Waals surface area (Å²) >= 11 is 0. The van der Waals surface area contributed by atoms with Crippen molar-refractivity contribution in [3.8, 4) is 0 Å². The maximum atomic E-state index is 10.8. The Morgan fingerprint density at radius 3 is 2.71 bits per heavy atom. The number of rotatable bonds is 10. The Kier molecular flexibility index (Phi) is 7.93. The van der Waals surface area contributed by atoms with Crippen molar-refractivity contribution in [2.45, 2.75) is 39.7 Å². The van der Waals surface area contributed by atoms with Gasteiger partial charge in [-0.15, -0.1) is 0 Å². The number of non-ortho nitro benzene ring substituents is 1. The quantitative estimate of drug-likeness (QED) is 0.406. The molecule has 0 heterocycles. The summed E-state index contributed by atoms with van der Waals surface area (Å²) in [5.74, 6) is 0.659. The smallest absolute Gasteiger partial charge is 0.269 e. The topological polar surface area (TPSA) is 64.4 Å². The Balaban J connectivity index is 2.41. The Morgan fingerprint density at radius 1 is 1.33 bits per heavy atom. The van der Waals surface area contributed by atoms with E-state index in [1.807, 2.05) is 6.07 Å². The van der Waals surface area contributed by atoms with Crippen molar-refractivity contribution in [1.29, 1.82) is 0 Å². The number of nitrogens with zero attached hydrogens (tertiary/aromatic N) is 1. The molecule has 0 aliphatic heterocycles. The van der Waals surface area contributed by atoms with Gasteiger partial charge >= 0.3 is 0 Å². The fourth-order valence-corrected chi connectivity index (χ4v) is 2.08. The standard InChI is InChI=1S/C16H26N2O3/c1-4-16(17-9-11-21-10-8-13(2)3)14-6-5-7-15(12-14)18(19)20/h5-7,12-13,16-17H,4,8-11H2,1-3H3. The van der Waals surface area contributed by atoms with Crippen molar-refractivity contribution in [3.05, 3.63) is 39.9 Å². The number of hydrogen-bond acceptors (Lipinski definition) is 4. The Labute approximate surface area is 126 Å². The highest BCUT2D eigenvalue weighted by Gasteiger charge is 2.12. The Morgan fingerprint density at radius 2 is 2.10 bits per heavy atom. The molecule has 1 aromatic carbocycles. The second-order valence-corrected chi connectivity index (χ2v) is 5.56. The molecular formula is C16H26N2O3. The number of nitrogens with one attached hydrogen (secondary N) is 1. The van der Waals surface area contributed by atoms with E-state index in [1.54, 1.807) is 12.1 Å². The summed E-state index contributed by atoms with van der Waals surface area (Å²) in [5, 5.41) is 14.2. The number of hydrogen-bond donors (Lipinski definition) is 1. The first-order chi connectivity index (χ1) is 10.0. The first kappa shape index (κ1) is 17.6. The van der Waals surface area contributed by atoms with Gasteiger partial charge in [-0.1, -0.05) is 32.9 Å². The minimum Gasteiger partial charge on any atom is -0.380 e. The molecule has 0 saturated heterocycles. The first-order valence-electron chi connectivity index (χ1n) is 7.60. The average molecular weight is 294 g/mol. The van der Waals surface area contributed by atoms with Gasteiger partial charge in [-0.25, -0.2) is 0 Å². The van der Waals surface area contributed by atoms with Crippen LogP contribution in [0.1, 0.15) is 45.2 Å². The molecule has 0 radical (unpaired) electrons. The predicted molar refractivity (Wildman–Crippen MR) is 84.4 cm³/mol. The Hall–Kier alpha value is -1.46. The van der Waals surface area contributed by atoms with Crippen LogP contribution in [0.3, 0.4) is 0 Å². The van der Waals surface area contributed by atoms with Crippen LogP contribution in [0, 0.1) is 16.0 Å². The van der Waals surface area contributed by atoms with Crippen LogP contribution in [0.15, 0.2) is 24.3 Å². The molecule has 5 heteroatoms. The lowest BCUT2D eigenvalue weighted by Crippen LogP contribution is -2.25. The van der Waals surface area contributed by atoms with E-state index in [4.69, 9.17) is 4.74 Å². The van der Waals surface area contributed by atoms with E-state index in [-0.39, 0.29) is 16.7 Å². The molecule has 1 unspecified atom stereocenters. The lowest BCUT2D eigenvalue weighted by Gasteiger charge is -2.17. The molecule has 1 aromatic rings. The number of nitro groups is 1. The van der Waals surface area contributed by atoms with Gasteiger partial charge in [0.1, 0.15) is 0 Å². The van der Waals surface area contributed by atoms with Crippen LogP contribution in [0.4, 0.5) is 5.69 Å². The van der Waals surface area contributed by atoms with Gasteiger partial charge in [-0.05, 0) is 24.3 Å². The summed E-state index contributed by atoms with van der Waals surface area (Å²) in [5.41, 5.74) is 1.09. The van der Waals surface area contributed by atoms with Gasteiger partial charge in [-0.2, -0.15) is 0 Å². The summed E-state index contributed by atoms with van der Waals surface area (Å²) in [6.07, 6.45) is 1.95. The molecule has 0 aliphatic rings. The third-order valence-electron chi connectivity index (χ3n) is 3.37. The van der Waals surface area contributed by atoms with Gasteiger partial charge in [0, 0.05) is 31.3 Å². The molecule has 0 saturated carbocycles. The second-order valence-electron chi connectivity index (χ2n) is 5.56. The molecule has 0 fully saturated rings. The van der Waals surface area contributed by atoms with Crippen LogP contribution in [-0.2, 0) is 4.74 Å². The number of nitro benzene ring substituents is 1. The number of ether oxygens (including phenoxy) is 1. The first-order valence-corrected chi connectivity index (χ1v) is 7.60. The van der Waals surface area contributed by atoms with Crippen LogP contribution in [0.25, 0.3) is 0 Å². The molecule has 5 nitrogen and oxygen atoms in total. The Bertz CT molecular complexity index is 435. The van der Waals surface area contributed by atoms with Crippen molar-refractivity contribution in [2.75, 3.05) is 19.8 Å². The van der Waals surface area contributed by atoms with Crippen molar-refractivity contribution in [1.82, 2.24) is 5.32 Å². The van der Waals surface area contributed by atoms with Gasteiger partial charge in [0.05, 0.1) is 11.5 Å². The molecule has 0 spiro atoms. The molecule has 1 N–H and O–H groups in total. The lowest BCUT2D eigenvalue weighted by atomic mass is 10.0. The molecular weight excluding hydrogens is 268 g/mol. The summed E-state index contributed by atoms with van der Waals surface area (Å²) in [7, 11) is 0. The minimum absolute atomic E-state index is 0.124. The van der Waals surface area contributed by atoms with Crippen molar-refractivity contribution < 1.29 is 9.66 Å². The summed E-state index contributed by atoms with van der Waals surface area (Å²) < 4.78 is 5.57. The SMILES string of the molecule is CCC(NCCOCCC(C)C)c1cccc([N+](=O)[O-])c1. The molecule has 21 heavy (non-hydrogen) atoms. The normalized spacial score (nSPS) is 12.6. The molecule has 0 aromatic heterocycles. The lowest BCUT2D eigenvalue weighted by molar-refractivity contribution is -0.384. The third kappa shape index (κ3) is 6.69. The van der Waals surface area contributed by atoms with E-state index in [1.165, 1.54) is 6.07 Å². The third-order valence-corrected chi connectivity index (χ3v) is 3.37. The largest absolute Gasteiger partial charge is 0.380 e. The van der Waals surface area contributed by atoms with Crippen LogP contribution in [-0.4, -0.2) is 24.7 Å². The molecule has 118 valence electrons. The molecule has 1 atom stereocenters. The van der Waals surface area contributed by atoms with Gasteiger partial charge in [0.2, 0.25) is 0 Å². The maximum Gasteiger partial charge on any atom is 0.269 e. The van der Waals surface area contributed by atoms with E-state index in [0.717, 1.165) is 31.6 Å². The highest BCUT2D eigenvalue weighted by molar-refractivity contribution is 5.35. The second kappa shape index (κ2) is 9.47. The maximum absolute atomic E-state index is 10.8. The summed E-state index contributed by atoms with van der Waals surface area (Å²) in [6.45, 7) is 8.62. The van der Waals surface area contributed by atoms with E-state index in [0.29, 0.717) is 12.5 Å². The van der Waals surface area contributed by atoms with E-state index in [2.05, 4.69) is 26.1 Å². The van der Waals surface area contributed by atoms with Gasteiger partial charge < -0.3 is 10.1 Å². The summed E-state index contributed by atoms with van der Waals surface area (Å²) in [4.78, 5) is 10.5. The average Bonchev–Trinajstić information content (AvgIpc) is 2.46. The fourth-order valence-electron chi connectivity index (χ4n) is 2.08. The minimum atomic E-state index is -0.356. The zero-order valence-corrected chi connectivity index (χ0v) is 13.2. The number of benzene rings is 1. The zero-order valence-electron chi connectivity index (χ0n) is 13.2. The zero-order chi connectivity index (χ0) is 15.7. The van der Waals surface area contributed by atoms with Crippen molar-refractivity contribution in [3.63, 3.8) is 0 Å². The summed E-state index contributed by atoms with van der Waals surface area (Å²) in [6, 6.07) is 6.94. The van der Waals surface area contributed by atoms with E-state index >= 15 is 0 Å². The van der Waals surface area contributed by atoms with Crippen molar-refractivity contribution >= 4 is 5.69 Å². The van der Waals surface area contributed by atoms with E-state index < -0.39 is 0 Å². The highest BCUT2D eigenvalue weighted by atomic mass is 16.6. The van der Waals surface area contributed by atoms with Crippen LogP contribution in [0.2, 0.25) is 0 Å². The van der Waals surface area contributed by atoms with Crippen LogP contribution >= 0.6 is 0 Å².